The molecule has 0 radical (unpaired) electrons. The maximum absolute atomic E-state index is 5.15. The summed E-state index contributed by atoms with van der Waals surface area (Å²) in [7, 11) is 3.58. The quantitative estimate of drug-likeness (QED) is 0.804. The Bertz CT molecular complexity index is 464. The Hall–Kier alpha value is -1.55. The van der Waals surface area contributed by atoms with E-state index in [2.05, 4.69) is 22.2 Å². The van der Waals surface area contributed by atoms with Crippen LogP contribution in [-0.2, 0) is 0 Å². The molecule has 80 valence electrons. The van der Waals surface area contributed by atoms with Gasteiger partial charge in [-0.15, -0.1) is 0 Å². The zero-order chi connectivity index (χ0) is 10.8. The molecule has 1 unspecified atom stereocenters. The predicted octanol–water partition coefficient (Wildman–Crippen LogP) is 1.85. The van der Waals surface area contributed by atoms with Crippen molar-refractivity contribution in [3.63, 3.8) is 0 Å². The Morgan fingerprint density at radius 2 is 2.27 bits per heavy atom. The van der Waals surface area contributed by atoms with Gasteiger partial charge in [0.2, 0.25) is 0 Å². The van der Waals surface area contributed by atoms with Crippen LogP contribution in [-0.4, -0.2) is 24.1 Å². The van der Waals surface area contributed by atoms with Crippen LogP contribution < -0.4 is 10.1 Å². The molecule has 15 heavy (non-hydrogen) atoms. The minimum absolute atomic E-state index is 0.225. The van der Waals surface area contributed by atoms with Crippen LogP contribution in [0.4, 0.5) is 0 Å². The van der Waals surface area contributed by atoms with Crippen molar-refractivity contribution in [1.29, 1.82) is 0 Å². The van der Waals surface area contributed by atoms with Crippen LogP contribution >= 0.6 is 0 Å². The number of nitrogens with zero attached hydrogens (tertiary/aromatic N) is 1. The average Bonchev–Trinajstić information content (AvgIpc) is 2.70. The molecule has 0 spiro atoms. The lowest BCUT2D eigenvalue weighted by atomic mass is 10.3. The largest absolute Gasteiger partial charge is 0.497 e. The number of nitrogens with one attached hydrogen (secondary N) is 2. The van der Waals surface area contributed by atoms with Crippen molar-refractivity contribution in [3.05, 3.63) is 24.0 Å². The SMILES string of the molecule is CNC(C)c1nc2ccc(OC)cc2[nH]1. The molecule has 0 aliphatic rings. The number of hydrogen-bond acceptors (Lipinski definition) is 3. The van der Waals surface area contributed by atoms with E-state index in [1.165, 1.54) is 0 Å². The third-order valence-electron chi connectivity index (χ3n) is 2.55. The van der Waals surface area contributed by atoms with Gasteiger partial charge in [-0.3, -0.25) is 0 Å². The van der Waals surface area contributed by atoms with Gasteiger partial charge in [0.15, 0.2) is 0 Å². The topological polar surface area (TPSA) is 49.9 Å². The molecular formula is C11H15N3O. The van der Waals surface area contributed by atoms with Gasteiger partial charge in [0, 0.05) is 6.07 Å². The van der Waals surface area contributed by atoms with Gasteiger partial charge < -0.3 is 15.0 Å². The number of fused-ring (bicyclic) bond motifs is 1. The molecule has 2 N–H and O–H groups in total. The fourth-order valence-corrected chi connectivity index (χ4v) is 1.48. The lowest BCUT2D eigenvalue weighted by Crippen LogP contribution is -2.13. The van der Waals surface area contributed by atoms with E-state index in [0.29, 0.717) is 0 Å². The van der Waals surface area contributed by atoms with E-state index in [-0.39, 0.29) is 6.04 Å². The van der Waals surface area contributed by atoms with Crippen molar-refractivity contribution < 1.29 is 4.74 Å². The van der Waals surface area contributed by atoms with Crippen LogP contribution in [0.15, 0.2) is 18.2 Å². The molecule has 0 bridgehead atoms. The Kier molecular flexibility index (Phi) is 2.60. The smallest absolute Gasteiger partial charge is 0.124 e. The first-order valence-electron chi connectivity index (χ1n) is 4.95. The molecule has 0 saturated heterocycles. The van der Waals surface area contributed by atoms with Gasteiger partial charge in [-0.25, -0.2) is 4.98 Å². The molecule has 0 fully saturated rings. The van der Waals surface area contributed by atoms with Crippen LogP contribution in [0.2, 0.25) is 0 Å². The van der Waals surface area contributed by atoms with E-state index in [9.17, 15) is 0 Å². The normalized spacial score (nSPS) is 13.0. The average molecular weight is 205 g/mol. The molecule has 1 atom stereocenters. The van der Waals surface area contributed by atoms with Gasteiger partial charge >= 0.3 is 0 Å². The minimum atomic E-state index is 0.225. The van der Waals surface area contributed by atoms with Crippen LogP contribution in [0.25, 0.3) is 11.0 Å². The molecule has 0 aliphatic heterocycles. The van der Waals surface area contributed by atoms with Crippen molar-refractivity contribution in [1.82, 2.24) is 15.3 Å². The second-order valence-electron chi connectivity index (χ2n) is 3.52. The van der Waals surface area contributed by atoms with Crippen molar-refractivity contribution in [2.45, 2.75) is 13.0 Å². The first kappa shape index (κ1) is 9.98. The molecule has 1 aromatic carbocycles. The highest BCUT2D eigenvalue weighted by Gasteiger charge is 2.08. The zero-order valence-electron chi connectivity index (χ0n) is 9.16. The fraction of sp³-hybridized carbons (Fsp3) is 0.364. The second kappa shape index (κ2) is 3.90. The summed E-state index contributed by atoms with van der Waals surface area (Å²) < 4.78 is 5.15. The predicted molar refractivity (Wildman–Crippen MR) is 60.1 cm³/mol. The number of imidazole rings is 1. The van der Waals surface area contributed by atoms with Gasteiger partial charge in [-0.05, 0) is 26.1 Å². The summed E-state index contributed by atoms with van der Waals surface area (Å²) in [6, 6.07) is 6.05. The standard InChI is InChI=1S/C11H15N3O/c1-7(12-2)11-13-9-5-4-8(15-3)6-10(9)14-11/h4-7,12H,1-3H3,(H,13,14). The lowest BCUT2D eigenvalue weighted by Gasteiger charge is -2.04. The summed E-state index contributed by atoms with van der Waals surface area (Å²) in [6.07, 6.45) is 0. The molecular weight excluding hydrogens is 190 g/mol. The Balaban J connectivity index is 2.46. The summed E-state index contributed by atoms with van der Waals surface area (Å²) in [5, 5.41) is 3.15. The zero-order valence-corrected chi connectivity index (χ0v) is 9.16. The molecule has 1 heterocycles. The first-order valence-corrected chi connectivity index (χ1v) is 4.95. The molecule has 0 aliphatic carbocycles. The molecule has 0 amide bonds. The van der Waals surface area contributed by atoms with E-state index in [1.54, 1.807) is 7.11 Å². The number of methoxy groups -OCH3 is 1. The van der Waals surface area contributed by atoms with Gasteiger partial charge in [-0.1, -0.05) is 0 Å². The number of hydrogen-bond donors (Lipinski definition) is 2. The maximum atomic E-state index is 5.15. The van der Waals surface area contributed by atoms with Crippen molar-refractivity contribution in [2.24, 2.45) is 0 Å². The number of benzene rings is 1. The second-order valence-corrected chi connectivity index (χ2v) is 3.52. The number of H-pyrrole nitrogens is 1. The first-order chi connectivity index (χ1) is 7.24. The fourth-order valence-electron chi connectivity index (χ4n) is 1.48. The van der Waals surface area contributed by atoms with E-state index in [4.69, 9.17) is 4.74 Å². The van der Waals surface area contributed by atoms with Gasteiger partial charge in [0.05, 0.1) is 24.2 Å². The highest BCUT2D eigenvalue weighted by molar-refractivity contribution is 5.76. The van der Waals surface area contributed by atoms with Crippen molar-refractivity contribution in [3.8, 4) is 5.75 Å². The number of ether oxygens (including phenoxy) is 1. The summed E-state index contributed by atoms with van der Waals surface area (Å²) in [4.78, 5) is 7.75. The van der Waals surface area contributed by atoms with E-state index < -0.39 is 0 Å². The maximum Gasteiger partial charge on any atom is 0.124 e. The van der Waals surface area contributed by atoms with E-state index in [0.717, 1.165) is 22.6 Å². The molecule has 4 heteroatoms. The highest BCUT2D eigenvalue weighted by atomic mass is 16.5. The molecule has 1 aromatic heterocycles. The third-order valence-corrected chi connectivity index (χ3v) is 2.55. The lowest BCUT2D eigenvalue weighted by molar-refractivity contribution is 0.415. The summed E-state index contributed by atoms with van der Waals surface area (Å²) in [5.74, 6) is 1.79. The minimum Gasteiger partial charge on any atom is -0.497 e. The van der Waals surface area contributed by atoms with Gasteiger partial charge in [0.1, 0.15) is 11.6 Å². The van der Waals surface area contributed by atoms with Gasteiger partial charge in [0.25, 0.3) is 0 Å². The van der Waals surface area contributed by atoms with Crippen LogP contribution in [0.3, 0.4) is 0 Å². The van der Waals surface area contributed by atoms with Crippen LogP contribution in [0, 0.1) is 0 Å². The number of aromatic nitrogens is 2. The van der Waals surface area contributed by atoms with Crippen molar-refractivity contribution >= 4 is 11.0 Å². The number of rotatable bonds is 3. The van der Waals surface area contributed by atoms with Crippen LogP contribution in [0.5, 0.6) is 5.75 Å². The van der Waals surface area contributed by atoms with Gasteiger partial charge in [-0.2, -0.15) is 0 Å². The molecule has 2 rings (SSSR count). The monoisotopic (exact) mass is 205 g/mol. The highest BCUT2D eigenvalue weighted by Crippen LogP contribution is 2.20. The van der Waals surface area contributed by atoms with E-state index >= 15 is 0 Å². The molecule has 4 nitrogen and oxygen atoms in total. The van der Waals surface area contributed by atoms with Crippen LogP contribution in [0.1, 0.15) is 18.8 Å². The summed E-state index contributed by atoms with van der Waals surface area (Å²) >= 11 is 0. The Morgan fingerprint density at radius 1 is 1.47 bits per heavy atom. The Morgan fingerprint density at radius 3 is 2.93 bits per heavy atom. The molecule has 2 aromatic rings. The Labute approximate surface area is 88.7 Å². The third kappa shape index (κ3) is 1.80. The van der Waals surface area contributed by atoms with Crippen molar-refractivity contribution in [2.75, 3.05) is 14.2 Å². The number of aromatic amines is 1. The van der Waals surface area contributed by atoms with E-state index in [1.807, 2.05) is 25.2 Å². The summed E-state index contributed by atoms with van der Waals surface area (Å²) in [6.45, 7) is 2.06. The molecule has 0 saturated carbocycles. The summed E-state index contributed by atoms with van der Waals surface area (Å²) in [5.41, 5.74) is 1.97.